The molecule has 0 aliphatic carbocycles. The van der Waals surface area contributed by atoms with E-state index in [9.17, 15) is 18.0 Å². The maximum Gasteiger partial charge on any atom is 0.305 e. The van der Waals surface area contributed by atoms with E-state index in [1.807, 2.05) is 6.92 Å². The zero-order valence-electron chi connectivity index (χ0n) is 14.9. The summed E-state index contributed by atoms with van der Waals surface area (Å²) in [7, 11) is -3.35. The van der Waals surface area contributed by atoms with E-state index < -0.39 is 27.3 Å². The number of hydrogen-bond acceptors (Lipinski definition) is 5. The van der Waals surface area contributed by atoms with Gasteiger partial charge in [-0.15, -0.1) is 0 Å². The molecule has 1 aliphatic rings. The first-order valence-electron chi connectivity index (χ1n) is 8.73. The third-order valence-corrected chi connectivity index (χ3v) is 6.38. The molecule has 2 rings (SSSR count). The zero-order valence-corrected chi connectivity index (χ0v) is 15.7. The second-order valence-electron chi connectivity index (χ2n) is 6.61. The topological polar surface area (TPSA) is 110 Å². The van der Waals surface area contributed by atoms with E-state index in [0.717, 1.165) is 6.42 Å². The van der Waals surface area contributed by atoms with Crippen molar-refractivity contribution in [2.24, 2.45) is 0 Å². The molecule has 1 aromatic rings. The summed E-state index contributed by atoms with van der Waals surface area (Å²) in [5.74, 6) is -1.31. The minimum Gasteiger partial charge on any atom is -0.481 e. The van der Waals surface area contributed by atoms with E-state index in [1.54, 1.807) is 0 Å². The summed E-state index contributed by atoms with van der Waals surface area (Å²) in [4.78, 5) is 23.9. The highest BCUT2D eigenvalue weighted by molar-refractivity contribution is 7.91. The van der Waals surface area contributed by atoms with Crippen LogP contribution >= 0.6 is 0 Å². The van der Waals surface area contributed by atoms with E-state index in [0.29, 0.717) is 38.0 Å². The number of carbonyl (C=O) groups is 2. The highest BCUT2D eigenvalue weighted by Gasteiger charge is 2.36. The molecule has 7 nitrogen and oxygen atoms in total. The molecule has 0 atom stereocenters. The Balaban J connectivity index is 2.12. The van der Waals surface area contributed by atoms with Crippen molar-refractivity contribution in [3.63, 3.8) is 0 Å². The number of benzene rings is 1. The highest BCUT2D eigenvalue weighted by Crippen LogP contribution is 2.25. The molecule has 0 radical (unpaired) electrons. The van der Waals surface area contributed by atoms with Gasteiger partial charge in [0.1, 0.15) is 0 Å². The number of amides is 1. The molecule has 1 saturated heterocycles. The summed E-state index contributed by atoms with van der Waals surface area (Å²) >= 11 is 0. The van der Waals surface area contributed by atoms with E-state index in [-0.39, 0.29) is 17.1 Å². The molecule has 0 saturated carbocycles. The molecule has 8 heteroatoms. The van der Waals surface area contributed by atoms with Crippen molar-refractivity contribution in [2.75, 3.05) is 19.0 Å². The minimum atomic E-state index is -3.35. The van der Waals surface area contributed by atoms with Gasteiger partial charge in [0.15, 0.2) is 9.84 Å². The van der Waals surface area contributed by atoms with E-state index in [1.165, 1.54) is 24.3 Å². The van der Waals surface area contributed by atoms with Gasteiger partial charge in [-0.3, -0.25) is 9.59 Å². The van der Waals surface area contributed by atoms with Crippen molar-refractivity contribution < 1.29 is 27.9 Å². The molecule has 1 heterocycles. The molecular weight excluding hydrogens is 358 g/mol. The van der Waals surface area contributed by atoms with Gasteiger partial charge in [0, 0.05) is 18.8 Å². The Kier molecular flexibility index (Phi) is 6.77. The predicted octanol–water partition coefficient (Wildman–Crippen LogP) is 2.01. The number of carboxylic acids is 1. The van der Waals surface area contributed by atoms with E-state index >= 15 is 0 Å². The third kappa shape index (κ3) is 5.28. The molecular formula is C18H25NO6S. The van der Waals surface area contributed by atoms with E-state index in [4.69, 9.17) is 9.84 Å². The SMILES string of the molecule is CCCCS(=O)(=O)c1ccc(C(=O)NC2(CC(=O)O)CCOCC2)cc1. The first-order valence-corrected chi connectivity index (χ1v) is 10.4. The molecule has 26 heavy (non-hydrogen) atoms. The Labute approximate surface area is 153 Å². The smallest absolute Gasteiger partial charge is 0.305 e. The van der Waals surface area contributed by atoms with Crippen molar-refractivity contribution >= 4 is 21.7 Å². The second kappa shape index (κ2) is 8.64. The van der Waals surface area contributed by atoms with Crippen LogP contribution < -0.4 is 5.32 Å². The number of ether oxygens (including phenoxy) is 1. The Morgan fingerprint density at radius 2 is 1.81 bits per heavy atom. The number of nitrogens with one attached hydrogen (secondary N) is 1. The molecule has 2 N–H and O–H groups in total. The molecule has 0 unspecified atom stereocenters. The standard InChI is InChI=1S/C18H25NO6S/c1-2-3-12-26(23,24)15-6-4-14(5-7-15)17(22)19-18(13-16(20)21)8-10-25-11-9-18/h4-7H,2-3,8-13H2,1H3,(H,19,22)(H,20,21). The Hall–Kier alpha value is -1.93. The summed E-state index contributed by atoms with van der Waals surface area (Å²) in [6.45, 7) is 2.70. The van der Waals surface area contributed by atoms with Gasteiger partial charge in [-0.1, -0.05) is 13.3 Å². The van der Waals surface area contributed by atoms with Gasteiger partial charge in [-0.05, 0) is 43.5 Å². The first kappa shape index (κ1) is 20.4. The fraction of sp³-hybridized carbons (Fsp3) is 0.556. The Morgan fingerprint density at radius 1 is 1.19 bits per heavy atom. The number of unbranched alkanes of at least 4 members (excludes halogenated alkanes) is 1. The van der Waals surface area contributed by atoms with Gasteiger partial charge in [-0.25, -0.2) is 8.42 Å². The monoisotopic (exact) mass is 383 g/mol. The number of carboxylic acid groups (broad SMARTS) is 1. The summed E-state index contributed by atoms with van der Waals surface area (Å²) < 4.78 is 29.6. The van der Waals surface area contributed by atoms with Crippen molar-refractivity contribution in [2.45, 2.75) is 49.5 Å². The normalized spacial score (nSPS) is 16.8. The lowest BCUT2D eigenvalue weighted by atomic mass is 9.86. The molecule has 1 fully saturated rings. The van der Waals surface area contributed by atoms with Crippen LogP contribution in [0.3, 0.4) is 0 Å². The summed E-state index contributed by atoms with van der Waals surface area (Å²) in [5, 5.41) is 12.0. The van der Waals surface area contributed by atoms with Gasteiger partial charge in [0.2, 0.25) is 0 Å². The number of carbonyl (C=O) groups excluding carboxylic acids is 1. The largest absolute Gasteiger partial charge is 0.481 e. The summed E-state index contributed by atoms with van der Waals surface area (Å²) in [6, 6.07) is 5.77. The average Bonchev–Trinajstić information content (AvgIpc) is 2.60. The van der Waals surface area contributed by atoms with Gasteiger partial charge >= 0.3 is 5.97 Å². The van der Waals surface area contributed by atoms with Crippen LogP contribution in [0.1, 0.15) is 49.4 Å². The van der Waals surface area contributed by atoms with Gasteiger partial charge in [0.05, 0.1) is 22.6 Å². The highest BCUT2D eigenvalue weighted by atomic mass is 32.2. The summed E-state index contributed by atoms with van der Waals surface area (Å²) in [6.07, 6.45) is 2.05. The fourth-order valence-corrected chi connectivity index (χ4v) is 4.43. The van der Waals surface area contributed by atoms with E-state index in [2.05, 4.69) is 5.32 Å². The number of rotatable bonds is 8. The fourth-order valence-electron chi connectivity index (χ4n) is 2.98. The second-order valence-corrected chi connectivity index (χ2v) is 8.72. The van der Waals surface area contributed by atoms with Gasteiger partial charge in [0.25, 0.3) is 5.91 Å². The number of sulfone groups is 1. The van der Waals surface area contributed by atoms with Crippen LogP contribution in [0.25, 0.3) is 0 Å². The van der Waals surface area contributed by atoms with Crippen molar-refractivity contribution in [3.8, 4) is 0 Å². The zero-order chi connectivity index (χ0) is 19.2. The average molecular weight is 383 g/mol. The lowest BCUT2D eigenvalue weighted by Gasteiger charge is -2.36. The quantitative estimate of drug-likeness (QED) is 0.711. The lowest BCUT2D eigenvalue weighted by Crippen LogP contribution is -2.53. The molecule has 0 aromatic heterocycles. The van der Waals surface area contributed by atoms with Crippen molar-refractivity contribution in [3.05, 3.63) is 29.8 Å². The first-order chi connectivity index (χ1) is 12.3. The Morgan fingerprint density at radius 3 is 2.35 bits per heavy atom. The maximum atomic E-state index is 12.5. The molecule has 1 aliphatic heterocycles. The molecule has 1 aromatic carbocycles. The van der Waals surface area contributed by atoms with Crippen LogP contribution in [0.2, 0.25) is 0 Å². The number of aliphatic carboxylic acids is 1. The van der Waals surface area contributed by atoms with Crippen LogP contribution in [-0.4, -0.2) is 49.9 Å². The van der Waals surface area contributed by atoms with Gasteiger partial charge < -0.3 is 15.2 Å². The molecule has 0 spiro atoms. The van der Waals surface area contributed by atoms with Crippen molar-refractivity contribution in [1.82, 2.24) is 5.32 Å². The lowest BCUT2D eigenvalue weighted by molar-refractivity contribution is -0.139. The Bertz CT molecular complexity index is 735. The van der Waals surface area contributed by atoms with Crippen LogP contribution in [0, 0.1) is 0 Å². The van der Waals surface area contributed by atoms with Gasteiger partial charge in [-0.2, -0.15) is 0 Å². The summed E-state index contributed by atoms with van der Waals surface area (Å²) in [5.41, 5.74) is -0.539. The van der Waals surface area contributed by atoms with Crippen LogP contribution in [-0.2, 0) is 19.4 Å². The van der Waals surface area contributed by atoms with Crippen LogP contribution in [0.4, 0.5) is 0 Å². The van der Waals surface area contributed by atoms with Crippen molar-refractivity contribution in [1.29, 1.82) is 0 Å². The third-order valence-electron chi connectivity index (χ3n) is 4.56. The minimum absolute atomic E-state index is 0.0801. The van der Waals surface area contributed by atoms with Crippen LogP contribution in [0.15, 0.2) is 29.2 Å². The molecule has 0 bridgehead atoms. The molecule has 1 amide bonds. The predicted molar refractivity (Wildman–Crippen MR) is 95.9 cm³/mol. The van der Waals surface area contributed by atoms with Crippen LogP contribution in [0.5, 0.6) is 0 Å². The maximum absolute atomic E-state index is 12.5. The number of hydrogen-bond donors (Lipinski definition) is 2. The molecule has 144 valence electrons.